The molecule has 1 aromatic carbocycles. The van der Waals surface area contributed by atoms with Crippen molar-refractivity contribution in [3.8, 4) is 11.8 Å². The highest BCUT2D eigenvalue weighted by Gasteiger charge is 2.39. The molecule has 1 aliphatic rings. The van der Waals surface area contributed by atoms with Gasteiger partial charge in [0.1, 0.15) is 23.5 Å². The van der Waals surface area contributed by atoms with Crippen molar-refractivity contribution in [1.29, 1.82) is 5.26 Å². The van der Waals surface area contributed by atoms with Gasteiger partial charge in [-0.25, -0.2) is 0 Å². The summed E-state index contributed by atoms with van der Waals surface area (Å²) >= 11 is 0. The van der Waals surface area contributed by atoms with Gasteiger partial charge in [-0.15, -0.1) is 0 Å². The van der Waals surface area contributed by atoms with Crippen LogP contribution in [0, 0.1) is 22.7 Å². The van der Waals surface area contributed by atoms with E-state index in [-0.39, 0.29) is 29.2 Å². The van der Waals surface area contributed by atoms with Crippen LogP contribution in [0.3, 0.4) is 0 Å². The van der Waals surface area contributed by atoms with Crippen LogP contribution >= 0.6 is 0 Å². The highest BCUT2D eigenvalue weighted by atomic mass is 16.5. The zero-order valence-corrected chi connectivity index (χ0v) is 21.2. The van der Waals surface area contributed by atoms with Crippen molar-refractivity contribution < 1.29 is 19.1 Å². The van der Waals surface area contributed by atoms with E-state index in [2.05, 4.69) is 27.0 Å². The molecule has 9 nitrogen and oxygen atoms in total. The number of H-pyrrole nitrogens is 1. The Morgan fingerprint density at radius 2 is 2.00 bits per heavy atom. The number of fused-ring (bicyclic) bond motifs is 1. The molecule has 1 fully saturated rings. The second-order valence-corrected chi connectivity index (χ2v) is 11.1. The topological polar surface area (TPSA) is 136 Å². The quantitative estimate of drug-likeness (QED) is 0.459. The standard InChI is InChI=1S/C26H35N5O4/c1-25(2,3)13-20(24(34)28-16(14-27)10-15-12-26(4,5)31-22(15)32)30-23(33)19-11-17-18(29-19)8-7-9-21(17)35-6/h7-9,11,15-16,20,29H,10,12-13H2,1-6H3,(H,28,34)(H,30,33)(H,31,32)/t15?,16?,20-/m0/s1. The van der Waals surface area contributed by atoms with E-state index in [0.717, 1.165) is 10.9 Å². The molecule has 0 spiro atoms. The van der Waals surface area contributed by atoms with Crippen molar-refractivity contribution in [1.82, 2.24) is 20.9 Å². The van der Waals surface area contributed by atoms with E-state index in [9.17, 15) is 19.6 Å². The number of ether oxygens (including phenoxy) is 1. The third-order valence-corrected chi connectivity index (χ3v) is 6.11. The predicted molar refractivity (Wildman–Crippen MR) is 133 cm³/mol. The molecule has 2 unspecified atom stereocenters. The lowest BCUT2D eigenvalue weighted by Crippen LogP contribution is -2.51. The predicted octanol–water partition coefficient (Wildman–Crippen LogP) is 3.02. The van der Waals surface area contributed by atoms with E-state index in [0.29, 0.717) is 24.3 Å². The number of aromatic nitrogens is 1. The maximum atomic E-state index is 13.2. The Morgan fingerprint density at radius 3 is 2.57 bits per heavy atom. The molecule has 1 saturated heterocycles. The third-order valence-electron chi connectivity index (χ3n) is 6.11. The Balaban J connectivity index is 1.74. The van der Waals surface area contributed by atoms with Gasteiger partial charge >= 0.3 is 0 Å². The molecule has 35 heavy (non-hydrogen) atoms. The monoisotopic (exact) mass is 481 g/mol. The van der Waals surface area contributed by atoms with Gasteiger partial charge in [-0.3, -0.25) is 14.4 Å². The van der Waals surface area contributed by atoms with Gasteiger partial charge in [0.25, 0.3) is 5.91 Å². The zero-order valence-electron chi connectivity index (χ0n) is 21.2. The van der Waals surface area contributed by atoms with Crippen molar-refractivity contribution in [2.75, 3.05) is 7.11 Å². The minimum absolute atomic E-state index is 0.113. The Kier molecular flexibility index (Phi) is 7.44. The first kappa shape index (κ1) is 26.1. The second-order valence-electron chi connectivity index (χ2n) is 11.1. The summed E-state index contributed by atoms with van der Waals surface area (Å²) in [6.45, 7) is 9.78. The number of rotatable bonds is 8. The van der Waals surface area contributed by atoms with Crippen LogP contribution in [0.1, 0.15) is 64.4 Å². The molecule has 2 heterocycles. The van der Waals surface area contributed by atoms with Crippen molar-refractivity contribution in [3.05, 3.63) is 30.0 Å². The molecule has 0 aliphatic carbocycles. The van der Waals surface area contributed by atoms with Gasteiger partial charge in [-0.2, -0.15) is 5.26 Å². The Hall–Kier alpha value is -3.54. The lowest BCUT2D eigenvalue weighted by molar-refractivity contribution is -0.125. The minimum atomic E-state index is -0.861. The first-order valence-electron chi connectivity index (χ1n) is 11.8. The van der Waals surface area contributed by atoms with Gasteiger partial charge in [-0.05, 0) is 56.7 Å². The lowest BCUT2D eigenvalue weighted by Gasteiger charge is -2.27. The summed E-state index contributed by atoms with van der Waals surface area (Å²) in [6, 6.07) is 7.55. The number of hydrogen-bond donors (Lipinski definition) is 4. The van der Waals surface area contributed by atoms with Crippen LogP contribution < -0.4 is 20.7 Å². The van der Waals surface area contributed by atoms with Crippen LogP contribution in [-0.2, 0) is 9.59 Å². The van der Waals surface area contributed by atoms with Crippen LogP contribution in [0.5, 0.6) is 5.75 Å². The molecule has 0 radical (unpaired) electrons. The number of hydrogen-bond acceptors (Lipinski definition) is 5. The van der Waals surface area contributed by atoms with Crippen LogP contribution in [0.15, 0.2) is 24.3 Å². The largest absolute Gasteiger partial charge is 0.496 e. The van der Waals surface area contributed by atoms with Gasteiger partial charge in [0.15, 0.2) is 0 Å². The number of nitriles is 1. The summed E-state index contributed by atoms with van der Waals surface area (Å²) < 4.78 is 5.36. The van der Waals surface area contributed by atoms with E-state index in [4.69, 9.17) is 4.74 Å². The normalized spacial score (nSPS) is 18.9. The van der Waals surface area contributed by atoms with Crippen LogP contribution in [0.25, 0.3) is 10.9 Å². The minimum Gasteiger partial charge on any atom is -0.496 e. The van der Waals surface area contributed by atoms with Crippen LogP contribution in [0.4, 0.5) is 0 Å². The highest BCUT2D eigenvalue weighted by molar-refractivity contribution is 6.01. The van der Waals surface area contributed by atoms with Crippen LogP contribution in [0.2, 0.25) is 0 Å². The number of carbonyl (C=O) groups is 3. The molecule has 1 aromatic heterocycles. The van der Waals surface area contributed by atoms with E-state index < -0.39 is 23.9 Å². The van der Waals surface area contributed by atoms with Crippen molar-refractivity contribution >= 4 is 28.6 Å². The van der Waals surface area contributed by atoms with Gasteiger partial charge in [0, 0.05) is 22.4 Å². The molecule has 3 amide bonds. The first-order valence-corrected chi connectivity index (χ1v) is 11.8. The number of methoxy groups -OCH3 is 1. The molecule has 188 valence electrons. The number of benzene rings is 1. The van der Waals surface area contributed by atoms with Crippen molar-refractivity contribution in [2.24, 2.45) is 11.3 Å². The molecule has 3 rings (SSSR count). The fourth-order valence-electron chi connectivity index (χ4n) is 4.57. The molecular weight excluding hydrogens is 446 g/mol. The fraction of sp³-hybridized carbons (Fsp3) is 0.538. The molecule has 2 aromatic rings. The molecule has 4 N–H and O–H groups in total. The number of nitrogens with zero attached hydrogens (tertiary/aromatic N) is 1. The number of amides is 3. The molecule has 3 atom stereocenters. The van der Waals surface area contributed by atoms with E-state index in [1.807, 2.05) is 52.8 Å². The summed E-state index contributed by atoms with van der Waals surface area (Å²) in [7, 11) is 1.56. The molecule has 0 bridgehead atoms. The lowest BCUT2D eigenvalue weighted by atomic mass is 9.87. The SMILES string of the molecule is COc1cccc2[nH]c(C(=O)N[C@@H](CC(C)(C)C)C(=O)NC(C#N)CC3CC(C)(C)NC3=O)cc12. The molecule has 1 aliphatic heterocycles. The second kappa shape index (κ2) is 9.98. The average Bonchev–Trinajstić information content (AvgIpc) is 3.31. The van der Waals surface area contributed by atoms with Gasteiger partial charge in [0.05, 0.1) is 13.2 Å². The van der Waals surface area contributed by atoms with Gasteiger partial charge < -0.3 is 25.7 Å². The zero-order chi connectivity index (χ0) is 26.0. The summed E-state index contributed by atoms with van der Waals surface area (Å²) in [6.07, 6.45) is 1.17. The molecular formula is C26H35N5O4. The van der Waals surface area contributed by atoms with Crippen molar-refractivity contribution in [3.63, 3.8) is 0 Å². The third kappa shape index (κ3) is 6.53. The van der Waals surface area contributed by atoms with E-state index >= 15 is 0 Å². The Bertz CT molecular complexity index is 1150. The maximum Gasteiger partial charge on any atom is 0.268 e. The Morgan fingerprint density at radius 1 is 1.29 bits per heavy atom. The van der Waals surface area contributed by atoms with E-state index in [1.165, 1.54) is 0 Å². The van der Waals surface area contributed by atoms with E-state index in [1.54, 1.807) is 13.2 Å². The summed E-state index contributed by atoms with van der Waals surface area (Å²) in [5, 5.41) is 18.9. The number of nitrogens with one attached hydrogen (secondary N) is 4. The van der Waals surface area contributed by atoms with Gasteiger partial charge in [0.2, 0.25) is 11.8 Å². The maximum absolute atomic E-state index is 13.2. The molecule has 0 saturated carbocycles. The first-order chi connectivity index (χ1) is 16.3. The van der Waals surface area contributed by atoms with Gasteiger partial charge in [-0.1, -0.05) is 26.8 Å². The number of aromatic amines is 1. The van der Waals surface area contributed by atoms with Crippen LogP contribution in [-0.4, -0.2) is 47.4 Å². The Labute approximate surface area is 206 Å². The number of carbonyl (C=O) groups excluding carboxylic acids is 3. The van der Waals surface area contributed by atoms with Crippen molar-refractivity contribution in [2.45, 2.75) is 71.5 Å². The summed E-state index contributed by atoms with van der Waals surface area (Å²) in [5.74, 6) is -0.716. The highest BCUT2D eigenvalue weighted by Crippen LogP contribution is 2.28. The average molecular weight is 482 g/mol. The smallest absolute Gasteiger partial charge is 0.268 e. The summed E-state index contributed by atoms with van der Waals surface area (Å²) in [5.41, 5.74) is 0.444. The summed E-state index contributed by atoms with van der Waals surface area (Å²) in [4.78, 5) is 41.6. The fourth-order valence-corrected chi connectivity index (χ4v) is 4.57. The molecule has 9 heteroatoms.